The van der Waals surface area contributed by atoms with Gasteiger partial charge < -0.3 is 24.3 Å². The van der Waals surface area contributed by atoms with Crippen molar-refractivity contribution in [3.8, 4) is 17.2 Å². The summed E-state index contributed by atoms with van der Waals surface area (Å²) in [5, 5.41) is 20.9. The molecule has 5 rings (SSSR count). The number of phenolic OH excluding ortho intramolecular Hbond substituents is 1. The number of aromatic nitrogens is 1. The second kappa shape index (κ2) is 9.37. The van der Waals surface area contributed by atoms with Gasteiger partial charge in [-0.15, -0.1) is 0 Å². The number of nitrogens with zero attached hydrogens (tertiary/aromatic N) is 3. The first-order valence-electron chi connectivity index (χ1n) is 11.9. The summed E-state index contributed by atoms with van der Waals surface area (Å²) in [4.78, 5) is 17.9. The fourth-order valence-corrected chi connectivity index (χ4v) is 5.05. The molecule has 0 aliphatic carbocycles. The van der Waals surface area contributed by atoms with Gasteiger partial charge in [-0.2, -0.15) is 0 Å². The molecule has 1 fully saturated rings. The van der Waals surface area contributed by atoms with E-state index in [-0.39, 0.29) is 23.9 Å². The lowest BCUT2D eigenvalue weighted by molar-refractivity contribution is 0.101. The van der Waals surface area contributed by atoms with Crippen LogP contribution in [0.4, 0.5) is 0 Å². The molecule has 2 aliphatic rings. The van der Waals surface area contributed by atoms with Crippen LogP contribution in [0.15, 0.2) is 36.2 Å². The molecule has 2 N–H and O–H groups in total. The maximum absolute atomic E-state index is 13.4. The van der Waals surface area contributed by atoms with E-state index in [2.05, 4.69) is 9.80 Å². The number of Topliss-reactive ketones (excluding diaryl/α,β-unsaturated/α-hetero) is 1. The van der Waals surface area contributed by atoms with Crippen LogP contribution in [0, 0.1) is 6.92 Å². The molecule has 8 heteroatoms. The Balaban J connectivity index is 1.47. The zero-order valence-electron chi connectivity index (χ0n) is 20.4. The smallest absolute Gasteiger partial charge is 0.232 e. The summed E-state index contributed by atoms with van der Waals surface area (Å²) in [5.74, 6) is 1.41. The predicted molar refractivity (Wildman–Crippen MR) is 134 cm³/mol. The third-order valence-electron chi connectivity index (χ3n) is 7.00. The van der Waals surface area contributed by atoms with Crippen LogP contribution in [0.2, 0.25) is 0 Å². The molecule has 2 aromatic carbocycles. The van der Waals surface area contributed by atoms with Crippen LogP contribution in [0.25, 0.3) is 17.0 Å². The highest BCUT2D eigenvalue weighted by molar-refractivity contribution is 6.16. The fraction of sp³-hybridized carbons (Fsp3) is 0.370. The van der Waals surface area contributed by atoms with E-state index in [9.17, 15) is 15.0 Å². The van der Waals surface area contributed by atoms with Gasteiger partial charge in [-0.05, 0) is 42.8 Å². The number of β-amino-alcohol motifs (C(OH)–C–C–N with tert-alkyl or cyclic N) is 1. The number of hydrogen-bond donors (Lipinski definition) is 2. The molecule has 1 aromatic heterocycles. The van der Waals surface area contributed by atoms with Crippen molar-refractivity contribution in [1.82, 2.24) is 14.4 Å². The number of hydrogen-bond acceptors (Lipinski definition) is 7. The predicted octanol–water partition coefficient (Wildman–Crippen LogP) is 2.93. The normalized spacial score (nSPS) is 17.8. The van der Waals surface area contributed by atoms with E-state index in [1.54, 1.807) is 19.3 Å². The summed E-state index contributed by atoms with van der Waals surface area (Å²) >= 11 is 0. The number of aryl methyl sites for hydroxylation is 2. The van der Waals surface area contributed by atoms with Gasteiger partial charge in [0.1, 0.15) is 17.2 Å². The summed E-state index contributed by atoms with van der Waals surface area (Å²) in [6.07, 6.45) is 3.74. The number of aromatic hydroxyl groups is 1. The molecule has 35 heavy (non-hydrogen) atoms. The molecule has 0 spiro atoms. The Labute approximate surface area is 204 Å². The first-order chi connectivity index (χ1) is 16.9. The van der Waals surface area contributed by atoms with Crippen molar-refractivity contribution in [3.05, 3.63) is 58.5 Å². The number of aliphatic hydroxyl groups excluding tert-OH is 1. The van der Waals surface area contributed by atoms with Crippen LogP contribution < -0.4 is 9.47 Å². The standard InChI is InChI=1S/C27H31N3O5/c1-17-12-23(32)21(16-30-8-6-29(7-9-30)10-11-31)27-25(17)26(33)24(35-27)13-18-15-28(2)22-5-4-19(34-3)14-20(18)22/h4-5,12-15,31-32H,6-11,16H2,1-3H3/b24-13-. The SMILES string of the molecule is COc1ccc2c(c1)c(/C=C1\Oc3c(CN4CCN(CCO)CC4)c(O)cc(C)c3C1=O)cn2C. The zero-order chi connectivity index (χ0) is 24.7. The topological polar surface area (TPSA) is 87.4 Å². The number of carbonyl (C=O) groups is 1. The molecule has 0 atom stereocenters. The number of phenols is 1. The molecule has 0 unspecified atom stereocenters. The molecule has 3 aromatic rings. The molecule has 1 saturated heterocycles. The molecule has 0 saturated carbocycles. The number of rotatable bonds is 6. The van der Waals surface area contributed by atoms with E-state index >= 15 is 0 Å². The van der Waals surface area contributed by atoms with Crippen molar-refractivity contribution >= 4 is 22.8 Å². The van der Waals surface area contributed by atoms with Gasteiger partial charge in [-0.25, -0.2) is 0 Å². The van der Waals surface area contributed by atoms with Crippen molar-refractivity contribution in [3.63, 3.8) is 0 Å². The van der Waals surface area contributed by atoms with Gasteiger partial charge in [0.15, 0.2) is 5.76 Å². The lowest BCUT2D eigenvalue weighted by Gasteiger charge is -2.34. The number of fused-ring (bicyclic) bond motifs is 2. The number of ketones is 1. The van der Waals surface area contributed by atoms with Gasteiger partial charge in [0.25, 0.3) is 0 Å². The van der Waals surface area contributed by atoms with Gasteiger partial charge in [0, 0.05) is 69.0 Å². The summed E-state index contributed by atoms with van der Waals surface area (Å²) in [5.41, 5.74) is 3.73. The first kappa shape index (κ1) is 23.4. The number of piperazine rings is 1. The summed E-state index contributed by atoms with van der Waals surface area (Å²) in [6.45, 7) is 6.48. The molecule has 0 amide bonds. The third kappa shape index (κ3) is 4.29. The number of carbonyl (C=O) groups excluding carboxylic acids is 1. The maximum Gasteiger partial charge on any atom is 0.232 e. The van der Waals surface area contributed by atoms with E-state index in [0.717, 1.165) is 48.4 Å². The average molecular weight is 478 g/mol. The number of ether oxygens (including phenoxy) is 2. The van der Waals surface area contributed by atoms with Crippen molar-refractivity contribution < 1.29 is 24.5 Å². The van der Waals surface area contributed by atoms with E-state index in [1.807, 2.05) is 42.9 Å². The molecular weight excluding hydrogens is 446 g/mol. The first-order valence-corrected chi connectivity index (χ1v) is 11.9. The van der Waals surface area contributed by atoms with E-state index in [1.165, 1.54) is 0 Å². The molecule has 3 heterocycles. The second-order valence-corrected chi connectivity index (χ2v) is 9.25. The molecular formula is C27H31N3O5. The number of benzene rings is 2. The minimum absolute atomic E-state index is 0.142. The Morgan fingerprint density at radius 3 is 2.60 bits per heavy atom. The average Bonchev–Trinajstić information content (AvgIpc) is 3.34. The van der Waals surface area contributed by atoms with Crippen molar-refractivity contribution in [2.75, 3.05) is 46.4 Å². The van der Waals surface area contributed by atoms with E-state index in [4.69, 9.17) is 9.47 Å². The Kier molecular flexibility index (Phi) is 6.27. The summed E-state index contributed by atoms with van der Waals surface area (Å²) < 4.78 is 13.6. The quantitative estimate of drug-likeness (QED) is 0.528. The van der Waals surface area contributed by atoms with E-state index < -0.39 is 0 Å². The van der Waals surface area contributed by atoms with Gasteiger partial charge in [0.2, 0.25) is 5.78 Å². The van der Waals surface area contributed by atoms with E-state index in [0.29, 0.717) is 35.5 Å². The molecule has 184 valence electrons. The largest absolute Gasteiger partial charge is 0.507 e. The van der Waals surface area contributed by atoms with Crippen molar-refractivity contribution in [1.29, 1.82) is 0 Å². The Morgan fingerprint density at radius 2 is 1.89 bits per heavy atom. The van der Waals surface area contributed by atoms with Crippen LogP contribution >= 0.6 is 0 Å². The molecule has 0 radical (unpaired) electrons. The lowest BCUT2D eigenvalue weighted by atomic mass is 9.99. The highest BCUT2D eigenvalue weighted by Gasteiger charge is 2.34. The fourth-order valence-electron chi connectivity index (χ4n) is 5.05. The Morgan fingerprint density at radius 1 is 1.14 bits per heavy atom. The number of allylic oxidation sites excluding steroid dienone is 1. The van der Waals surface area contributed by atoms with Gasteiger partial charge in [-0.1, -0.05) is 0 Å². The molecule has 2 aliphatic heterocycles. The third-order valence-corrected chi connectivity index (χ3v) is 7.00. The van der Waals surface area contributed by atoms with Crippen LogP contribution in [-0.4, -0.2) is 76.8 Å². The van der Waals surface area contributed by atoms with Crippen LogP contribution in [0.3, 0.4) is 0 Å². The highest BCUT2D eigenvalue weighted by atomic mass is 16.5. The summed E-state index contributed by atoms with van der Waals surface area (Å²) in [6, 6.07) is 7.51. The highest BCUT2D eigenvalue weighted by Crippen LogP contribution is 2.42. The van der Waals surface area contributed by atoms with Gasteiger partial charge in [-0.3, -0.25) is 14.6 Å². The maximum atomic E-state index is 13.4. The number of methoxy groups -OCH3 is 1. The number of aliphatic hydroxyl groups is 1. The minimum Gasteiger partial charge on any atom is -0.507 e. The van der Waals surface area contributed by atoms with Crippen molar-refractivity contribution in [2.24, 2.45) is 7.05 Å². The van der Waals surface area contributed by atoms with Gasteiger partial charge >= 0.3 is 0 Å². The van der Waals surface area contributed by atoms with Crippen molar-refractivity contribution in [2.45, 2.75) is 13.5 Å². The van der Waals surface area contributed by atoms with Crippen LogP contribution in [0.5, 0.6) is 17.2 Å². The van der Waals surface area contributed by atoms with Crippen LogP contribution in [-0.2, 0) is 13.6 Å². The summed E-state index contributed by atoms with van der Waals surface area (Å²) in [7, 11) is 3.59. The lowest BCUT2D eigenvalue weighted by Crippen LogP contribution is -2.46. The second-order valence-electron chi connectivity index (χ2n) is 9.25. The Hall–Kier alpha value is -3.33. The Bertz CT molecular complexity index is 1320. The van der Waals surface area contributed by atoms with Gasteiger partial charge in [0.05, 0.1) is 24.8 Å². The molecule has 8 nitrogen and oxygen atoms in total. The minimum atomic E-state index is -0.175. The molecule has 0 bridgehead atoms. The zero-order valence-corrected chi connectivity index (χ0v) is 20.4. The monoisotopic (exact) mass is 477 g/mol. The van der Waals surface area contributed by atoms with Crippen LogP contribution in [0.1, 0.15) is 27.0 Å².